The average molecular weight is 383 g/mol. The molecule has 0 aliphatic carbocycles. The van der Waals surface area contributed by atoms with Crippen LogP contribution < -0.4 is 4.74 Å². The first kappa shape index (κ1) is 20.8. The van der Waals surface area contributed by atoms with Crippen LogP contribution in [0, 0.1) is 0 Å². The second-order valence-electron chi connectivity index (χ2n) is 7.77. The predicted octanol–water partition coefficient (Wildman–Crippen LogP) is 5.99. The Bertz CT molecular complexity index is 685. The Morgan fingerprint density at radius 3 is 2.29 bits per heavy atom. The number of unbranched alkanes of at least 4 members (excludes halogenated alkanes) is 5. The molecule has 3 rings (SSSR count). The smallest absolute Gasteiger partial charge is 0.159 e. The molecule has 1 saturated heterocycles. The highest BCUT2D eigenvalue weighted by Gasteiger charge is 2.38. The fourth-order valence-electron chi connectivity index (χ4n) is 3.49. The zero-order valence-corrected chi connectivity index (χ0v) is 17.4. The van der Waals surface area contributed by atoms with Gasteiger partial charge in [-0.05, 0) is 49.1 Å². The molecule has 4 heteroatoms. The molecule has 2 atom stereocenters. The van der Waals surface area contributed by atoms with Crippen LogP contribution in [0.15, 0.2) is 36.7 Å². The molecule has 28 heavy (non-hydrogen) atoms. The summed E-state index contributed by atoms with van der Waals surface area (Å²) in [7, 11) is 0. The van der Waals surface area contributed by atoms with E-state index in [-0.39, 0.29) is 6.10 Å². The monoisotopic (exact) mass is 382 g/mol. The Balaban J connectivity index is 1.41. The van der Waals surface area contributed by atoms with E-state index in [1.54, 1.807) is 0 Å². The molecule has 0 N–H and O–H groups in total. The third kappa shape index (κ3) is 6.59. The molecule has 1 aromatic carbocycles. The van der Waals surface area contributed by atoms with Crippen molar-refractivity contribution in [1.82, 2.24) is 9.97 Å². The molecule has 152 valence electrons. The van der Waals surface area contributed by atoms with Crippen molar-refractivity contribution in [1.29, 1.82) is 0 Å². The minimum absolute atomic E-state index is 0.266. The lowest BCUT2D eigenvalue weighted by atomic mass is 10.1. The van der Waals surface area contributed by atoms with Crippen LogP contribution >= 0.6 is 0 Å². The molecule has 0 bridgehead atoms. The minimum atomic E-state index is 0.266. The summed E-state index contributed by atoms with van der Waals surface area (Å²) in [5.41, 5.74) is 2.25. The van der Waals surface area contributed by atoms with Crippen LogP contribution in [0.1, 0.15) is 70.8 Å². The summed E-state index contributed by atoms with van der Waals surface area (Å²) in [5, 5.41) is 0. The van der Waals surface area contributed by atoms with E-state index >= 15 is 0 Å². The maximum Gasteiger partial charge on any atom is 0.159 e. The van der Waals surface area contributed by atoms with E-state index in [1.165, 1.54) is 44.1 Å². The van der Waals surface area contributed by atoms with E-state index in [2.05, 4.69) is 23.8 Å². The normalized spacial score (nSPS) is 18.2. The molecule has 0 amide bonds. The van der Waals surface area contributed by atoms with Gasteiger partial charge in [-0.1, -0.05) is 52.4 Å². The fraction of sp³-hybridized carbons (Fsp3) is 0.583. The highest BCUT2D eigenvalue weighted by Crippen LogP contribution is 2.27. The summed E-state index contributed by atoms with van der Waals surface area (Å²) < 4.78 is 11.4. The van der Waals surface area contributed by atoms with Gasteiger partial charge in [-0.2, -0.15) is 0 Å². The number of aromatic nitrogens is 2. The number of epoxide rings is 1. The molecule has 0 saturated carbocycles. The number of aryl methyl sites for hydroxylation is 1. The summed E-state index contributed by atoms with van der Waals surface area (Å²) in [6.45, 7) is 5.07. The first-order chi connectivity index (χ1) is 13.8. The van der Waals surface area contributed by atoms with Gasteiger partial charge in [0.2, 0.25) is 0 Å². The van der Waals surface area contributed by atoms with Crippen LogP contribution in [0.2, 0.25) is 0 Å². The second kappa shape index (κ2) is 11.2. The van der Waals surface area contributed by atoms with Crippen LogP contribution in [-0.2, 0) is 11.2 Å². The summed E-state index contributed by atoms with van der Waals surface area (Å²) in [6, 6.07) is 8.02. The van der Waals surface area contributed by atoms with Gasteiger partial charge < -0.3 is 9.47 Å². The summed E-state index contributed by atoms with van der Waals surface area (Å²) in [5.74, 6) is 1.64. The maximum atomic E-state index is 5.83. The number of nitrogens with zero attached hydrogens (tertiary/aromatic N) is 2. The van der Waals surface area contributed by atoms with Gasteiger partial charge in [-0.3, -0.25) is 0 Å². The molecule has 1 aliphatic heterocycles. The van der Waals surface area contributed by atoms with Crippen molar-refractivity contribution in [2.75, 3.05) is 6.61 Å². The van der Waals surface area contributed by atoms with Crippen molar-refractivity contribution in [3.8, 4) is 17.1 Å². The molecule has 2 aromatic rings. The van der Waals surface area contributed by atoms with E-state index in [0.29, 0.717) is 12.7 Å². The van der Waals surface area contributed by atoms with Gasteiger partial charge in [0.25, 0.3) is 0 Å². The van der Waals surface area contributed by atoms with Crippen molar-refractivity contribution in [3.63, 3.8) is 0 Å². The standard InChI is InChI=1S/C24H34N2O2/c1-3-5-6-7-8-9-11-19-16-25-24(26-17-19)20-12-14-21(15-13-20)27-18-23-22(28-23)10-4-2/h12-17,22-23H,3-11,18H2,1-2H3/t22-,23+/m1/s1. The van der Waals surface area contributed by atoms with Crippen molar-refractivity contribution in [2.24, 2.45) is 0 Å². The molecule has 1 aliphatic rings. The van der Waals surface area contributed by atoms with E-state index in [1.807, 2.05) is 36.7 Å². The first-order valence-electron chi connectivity index (χ1n) is 11.0. The quantitative estimate of drug-likeness (QED) is 0.315. The topological polar surface area (TPSA) is 47.5 Å². The number of hydrogen-bond acceptors (Lipinski definition) is 4. The van der Waals surface area contributed by atoms with Crippen molar-refractivity contribution < 1.29 is 9.47 Å². The van der Waals surface area contributed by atoms with Gasteiger partial charge in [0, 0.05) is 18.0 Å². The lowest BCUT2D eigenvalue weighted by Gasteiger charge is -2.06. The third-order valence-electron chi connectivity index (χ3n) is 5.31. The van der Waals surface area contributed by atoms with Crippen LogP contribution in [0.25, 0.3) is 11.4 Å². The first-order valence-corrected chi connectivity index (χ1v) is 11.0. The predicted molar refractivity (Wildman–Crippen MR) is 114 cm³/mol. The Kier molecular flexibility index (Phi) is 8.28. The van der Waals surface area contributed by atoms with Crippen molar-refractivity contribution >= 4 is 0 Å². The summed E-state index contributed by atoms with van der Waals surface area (Å²) in [4.78, 5) is 9.10. The van der Waals surface area contributed by atoms with Gasteiger partial charge in [0.1, 0.15) is 18.5 Å². The molecule has 1 aromatic heterocycles. The number of ether oxygens (including phenoxy) is 2. The Labute approximate surface area is 169 Å². The highest BCUT2D eigenvalue weighted by molar-refractivity contribution is 5.55. The summed E-state index contributed by atoms with van der Waals surface area (Å²) >= 11 is 0. The zero-order valence-electron chi connectivity index (χ0n) is 17.4. The fourth-order valence-corrected chi connectivity index (χ4v) is 3.49. The average Bonchev–Trinajstić information content (AvgIpc) is 3.48. The second-order valence-corrected chi connectivity index (χ2v) is 7.77. The Hall–Kier alpha value is -1.94. The van der Waals surface area contributed by atoms with Gasteiger partial charge >= 0.3 is 0 Å². The maximum absolute atomic E-state index is 5.83. The van der Waals surface area contributed by atoms with Crippen LogP contribution in [-0.4, -0.2) is 28.8 Å². The molecule has 0 spiro atoms. The number of benzene rings is 1. The largest absolute Gasteiger partial charge is 0.491 e. The third-order valence-corrected chi connectivity index (χ3v) is 5.31. The SMILES string of the molecule is CCCCCCCCc1cnc(-c2ccc(OC[C@@H]3O[C@@H]3CCC)cc2)nc1. The number of rotatable bonds is 13. The lowest BCUT2D eigenvalue weighted by molar-refractivity contribution is 0.259. The Morgan fingerprint density at radius 1 is 0.857 bits per heavy atom. The van der Waals surface area contributed by atoms with Gasteiger partial charge in [0.15, 0.2) is 5.82 Å². The van der Waals surface area contributed by atoms with E-state index in [9.17, 15) is 0 Å². The van der Waals surface area contributed by atoms with Crippen LogP contribution in [0.4, 0.5) is 0 Å². The minimum Gasteiger partial charge on any atom is -0.491 e. The molecule has 0 radical (unpaired) electrons. The molecular weight excluding hydrogens is 348 g/mol. The molecular formula is C24H34N2O2. The number of hydrogen-bond donors (Lipinski definition) is 0. The molecule has 0 unspecified atom stereocenters. The van der Waals surface area contributed by atoms with Crippen molar-refractivity contribution in [3.05, 3.63) is 42.2 Å². The van der Waals surface area contributed by atoms with Crippen LogP contribution in [0.5, 0.6) is 5.75 Å². The van der Waals surface area contributed by atoms with Crippen molar-refractivity contribution in [2.45, 2.75) is 83.8 Å². The van der Waals surface area contributed by atoms with E-state index in [0.717, 1.165) is 36.4 Å². The van der Waals surface area contributed by atoms with E-state index < -0.39 is 0 Å². The molecule has 4 nitrogen and oxygen atoms in total. The molecule has 2 heterocycles. The van der Waals surface area contributed by atoms with Gasteiger partial charge in [0.05, 0.1) is 6.10 Å². The zero-order chi connectivity index (χ0) is 19.6. The van der Waals surface area contributed by atoms with E-state index in [4.69, 9.17) is 9.47 Å². The van der Waals surface area contributed by atoms with Gasteiger partial charge in [-0.25, -0.2) is 9.97 Å². The summed E-state index contributed by atoms with van der Waals surface area (Å²) in [6.07, 6.45) is 15.8. The van der Waals surface area contributed by atoms with Crippen LogP contribution in [0.3, 0.4) is 0 Å². The molecule has 1 fully saturated rings. The Morgan fingerprint density at radius 2 is 1.57 bits per heavy atom. The lowest BCUT2D eigenvalue weighted by Crippen LogP contribution is -2.07. The van der Waals surface area contributed by atoms with Gasteiger partial charge in [-0.15, -0.1) is 0 Å². The highest BCUT2D eigenvalue weighted by atomic mass is 16.6.